The first-order valence-corrected chi connectivity index (χ1v) is 6.57. The van der Waals surface area contributed by atoms with Gasteiger partial charge < -0.3 is 10.6 Å². The van der Waals surface area contributed by atoms with Gasteiger partial charge in [-0.2, -0.15) is 0 Å². The number of aromatic nitrogens is 2. The molecule has 1 amide bonds. The fourth-order valence-corrected chi connectivity index (χ4v) is 1.74. The van der Waals surface area contributed by atoms with E-state index in [1.807, 2.05) is 37.3 Å². The predicted octanol–water partition coefficient (Wildman–Crippen LogP) is 1.90. The molecule has 0 saturated carbocycles. The zero-order chi connectivity index (χ0) is 14.2. The molecule has 0 saturated heterocycles. The number of benzene rings is 1. The Labute approximate surface area is 118 Å². The van der Waals surface area contributed by atoms with Crippen molar-refractivity contribution >= 4 is 11.7 Å². The molecule has 5 nitrogen and oxygen atoms in total. The second kappa shape index (κ2) is 7.23. The maximum atomic E-state index is 11.7. The monoisotopic (exact) mass is 270 g/mol. The van der Waals surface area contributed by atoms with Crippen LogP contribution in [-0.2, 0) is 11.3 Å². The number of carbonyl (C=O) groups is 1. The molecule has 2 N–H and O–H groups in total. The van der Waals surface area contributed by atoms with Gasteiger partial charge in [-0.05, 0) is 12.5 Å². The van der Waals surface area contributed by atoms with Crippen LogP contribution in [0, 0.1) is 6.92 Å². The Morgan fingerprint density at radius 1 is 1.20 bits per heavy atom. The number of nitrogens with zero attached hydrogens (tertiary/aromatic N) is 2. The van der Waals surface area contributed by atoms with Gasteiger partial charge in [-0.25, -0.2) is 4.98 Å². The van der Waals surface area contributed by atoms with Gasteiger partial charge in [-0.15, -0.1) is 0 Å². The maximum Gasteiger partial charge on any atom is 0.222 e. The molecule has 0 aliphatic heterocycles. The van der Waals surface area contributed by atoms with E-state index in [1.165, 1.54) is 0 Å². The predicted molar refractivity (Wildman–Crippen MR) is 78.2 cm³/mol. The number of carbonyl (C=O) groups excluding carboxylic acids is 1. The zero-order valence-corrected chi connectivity index (χ0v) is 11.5. The third-order valence-corrected chi connectivity index (χ3v) is 2.75. The van der Waals surface area contributed by atoms with Crippen molar-refractivity contribution in [1.29, 1.82) is 0 Å². The molecule has 1 heterocycles. The first-order valence-electron chi connectivity index (χ1n) is 6.57. The summed E-state index contributed by atoms with van der Waals surface area (Å²) in [7, 11) is 0. The molecule has 0 spiro atoms. The average molecular weight is 270 g/mol. The molecule has 0 atom stereocenters. The molecule has 1 aromatic carbocycles. The molecule has 20 heavy (non-hydrogen) atoms. The summed E-state index contributed by atoms with van der Waals surface area (Å²) in [6, 6.07) is 9.85. The Hall–Kier alpha value is -2.43. The molecule has 0 radical (unpaired) electrons. The van der Waals surface area contributed by atoms with Crippen molar-refractivity contribution in [3.8, 4) is 0 Å². The van der Waals surface area contributed by atoms with Crippen LogP contribution in [0.1, 0.15) is 17.7 Å². The largest absolute Gasteiger partial charge is 0.368 e. The van der Waals surface area contributed by atoms with Crippen LogP contribution in [0.15, 0.2) is 42.7 Å². The van der Waals surface area contributed by atoms with E-state index in [9.17, 15) is 4.79 Å². The Morgan fingerprint density at radius 3 is 2.75 bits per heavy atom. The van der Waals surface area contributed by atoms with E-state index in [0.29, 0.717) is 25.3 Å². The third-order valence-electron chi connectivity index (χ3n) is 2.75. The van der Waals surface area contributed by atoms with E-state index < -0.39 is 0 Å². The number of hydrogen-bond acceptors (Lipinski definition) is 4. The zero-order valence-electron chi connectivity index (χ0n) is 11.5. The SMILES string of the molecule is Cc1cncc(NCCC(=O)NCc2ccccc2)n1. The van der Waals surface area contributed by atoms with Crippen LogP contribution < -0.4 is 10.6 Å². The molecule has 0 aliphatic rings. The van der Waals surface area contributed by atoms with Gasteiger partial charge in [0.1, 0.15) is 5.82 Å². The van der Waals surface area contributed by atoms with Crippen molar-refractivity contribution in [3.63, 3.8) is 0 Å². The Balaban J connectivity index is 1.68. The summed E-state index contributed by atoms with van der Waals surface area (Å²) in [6.07, 6.45) is 3.75. The normalized spacial score (nSPS) is 10.1. The summed E-state index contributed by atoms with van der Waals surface area (Å²) in [4.78, 5) is 20.0. The highest BCUT2D eigenvalue weighted by Gasteiger charge is 2.01. The lowest BCUT2D eigenvalue weighted by atomic mass is 10.2. The molecular weight excluding hydrogens is 252 g/mol. The van der Waals surface area contributed by atoms with Gasteiger partial charge in [0.15, 0.2) is 0 Å². The Morgan fingerprint density at radius 2 is 2.00 bits per heavy atom. The highest BCUT2D eigenvalue weighted by Crippen LogP contribution is 2.01. The fraction of sp³-hybridized carbons (Fsp3) is 0.267. The molecule has 5 heteroatoms. The van der Waals surface area contributed by atoms with E-state index >= 15 is 0 Å². The minimum atomic E-state index is 0.0157. The number of hydrogen-bond donors (Lipinski definition) is 2. The van der Waals surface area contributed by atoms with Gasteiger partial charge in [0.05, 0.1) is 11.9 Å². The topological polar surface area (TPSA) is 66.9 Å². The second-order valence-electron chi connectivity index (χ2n) is 4.48. The molecule has 2 rings (SSSR count). The lowest BCUT2D eigenvalue weighted by Crippen LogP contribution is -2.25. The number of anilines is 1. The quantitative estimate of drug-likeness (QED) is 0.841. The minimum absolute atomic E-state index is 0.0157. The van der Waals surface area contributed by atoms with E-state index in [-0.39, 0.29) is 5.91 Å². The van der Waals surface area contributed by atoms with E-state index in [4.69, 9.17) is 0 Å². The molecule has 0 unspecified atom stereocenters. The van der Waals surface area contributed by atoms with E-state index in [0.717, 1.165) is 11.3 Å². The Bertz CT molecular complexity index is 557. The van der Waals surface area contributed by atoms with Crippen molar-refractivity contribution in [1.82, 2.24) is 15.3 Å². The fourth-order valence-electron chi connectivity index (χ4n) is 1.74. The van der Waals surface area contributed by atoms with E-state index in [2.05, 4.69) is 20.6 Å². The number of amides is 1. The van der Waals surface area contributed by atoms with Crippen LogP contribution in [0.25, 0.3) is 0 Å². The van der Waals surface area contributed by atoms with Gasteiger partial charge in [0.25, 0.3) is 0 Å². The van der Waals surface area contributed by atoms with Crippen LogP contribution in [-0.4, -0.2) is 22.4 Å². The molecule has 0 fully saturated rings. The van der Waals surface area contributed by atoms with Gasteiger partial charge >= 0.3 is 0 Å². The molecule has 104 valence electrons. The molecule has 0 aliphatic carbocycles. The van der Waals surface area contributed by atoms with Gasteiger partial charge in [-0.1, -0.05) is 30.3 Å². The Kier molecular flexibility index (Phi) is 5.06. The standard InChI is InChI=1S/C15H18N4O/c1-12-9-16-11-14(19-12)17-8-7-15(20)18-10-13-5-3-2-4-6-13/h2-6,9,11H,7-8,10H2,1H3,(H,17,19)(H,18,20). The van der Waals surface area contributed by atoms with Gasteiger partial charge in [0, 0.05) is 25.7 Å². The molecule has 0 bridgehead atoms. The summed E-state index contributed by atoms with van der Waals surface area (Å²) >= 11 is 0. The third kappa shape index (κ3) is 4.68. The summed E-state index contributed by atoms with van der Waals surface area (Å²) in [6.45, 7) is 2.98. The lowest BCUT2D eigenvalue weighted by molar-refractivity contribution is -0.121. The highest BCUT2D eigenvalue weighted by molar-refractivity contribution is 5.76. The highest BCUT2D eigenvalue weighted by atomic mass is 16.1. The average Bonchev–Trinajstić information content (AvgIpc) is 2.46. The minimum Gasteiger partial charge on any atom is -0.368 e. The lowest BCUT2D eigenvalue weighted by Gasteiger charge is -2.07. The number of rotatable bonds is 6. The number of aryl methyl sites for hydroxylation is 1. The van der Waals surface area contributed by atoms with Crippen molar-refractivity contribution in [2.75, 3.05) is 11.9 Å². The molecule has 1 aromatic heterocycles. The van der Waals surface area contributed by atoms with E-state index in [1.54, 1.807) is 12.4 Å². The van der Waals surface area contributed by atoms with Crippen LogP contribution in [0.3, 0.4) is 0 Å². The summed E-state index contributed by atoms with van der Waals surface area (Å²) in [5, 5.41) is 5.96. The summed E-state index contributed by atoms with van der Waals surface area (Å²) in [5.74, 6) is 0.711. The number of nitrogens with one attached hydrogen (secondary N) is 2. The van der Waals surface area contributed by atoms with Crippen LogP contribution in [0.2, 0.25) is 0 Å². The van der Waals surface area contributed by atoms with Crippen molar-refractivity contribution in [2.24, 2.45) is 0 Å². The molecule has 2 aromatic rings. The van der Waals surface area contributed by atoms with Crippen molar-refractivity contribution in [2.45, 2.75) is 19.9 Å². The smallest absolute Gasteiger partial charge is 0.222 e. The first-order chi connectivity index (χ1) is 9.74. The van der Waals surface area contributed by atoms with Crippen LogP contribution >= 0.6 is 0 Å². The van der Waals surface area contributed by atoms with Crippen LogP contribution in [0.4, 0.5) is 5.82 Å². The first kappa shape index (κ1) is 14.0. The molecular formula is C15H18N4O. The maximum absolute atomic E-state index is 11.7. The van der Waals surface area contributed by atoms with Gasteiger partial charge in [-0.3, -0.25) is 9.78 Å². The van der Waals surface area contributed by atoms with Crippen molar-refractivity contribution in [3.05, 3.63) is 54.0 Å². The summed E-state index contributed by atoms with van der Waals surface area (Å²) < 4.78 is 0. The summed E-state index contributed by atoms with van der Waals surface area (Å²) in [5.41, 5.74) is 1.95. The van der Waals surface area contributed by atoms with Crippen molar-refractivity contribution < 1.29 is 4.79 Å². The second-order valence-corrected chi connectivity index (χ2v) is 4.48. The van der Waals surface area contributed by atoms with Crippen LogP contribution in [0.5, 0.6) is 0 Å². The van der Waals surface area contributed by atoms with Gasteiger partial charge in [0.2, 0.25) is 5.91 Å².